The number of carbonyl (C=O) groups is 1. The van der Waals surface area contributed by atoms with Crippen LogP contribution in [0.3, 0.4) is 0 Å². The van der Waals surface area contributed by atoms with Crippen molar-refractivity contribution >= 4 is 22.6 Å². The van der Waals surface area contributed by atoms with E-state index in [4.69, 9.17) is 9.84 Å². The lowest BCUT2D eigenvalue weighted by atomic mass is 10.1. The van der Waals surface area contributed by atoms with Crippen LogP contribution in [-0.2, 0) is 6.54 Å². The summed E-state index contributed by atoms with van der Waals surface area (Å²) in [5.41, 5.74) is 3.50. The van der Waals surface area contributed by atoms with Gasteiger partial charge in [0, 0.05) is 47.9 Å². The largest absolute Gasteiger partial charge is 0.496 e. The van der Waals surface area contributed by atoms with Crippen LogP contribution in [0.15, 0.2) is 54.9 Å². The zero-order chi connectivity index (χ0) is 24.1. The second-order valence-corrected chi connectivity index (χ2v) is 7.72. The predicted molar refractivity (Wildman–Crippen MR) is 129 cm³/mol. The van der Waals surface area contributed by atoms with Crippen LogP contribution >= 0.6 is 0 Å². The van der Waals surface area contributed by atoms with E-state index in [0.29, 0.717) is 41.4 Å². The monoisotopic (exact) mass is 463 g/mol. The SMILES string of the molecule is COc1ccc(F)c2c1cc(C)n2CCNc1cc(-c2ccc(C(=O)NCCO)cc2)ncn1. The zero-order valence-corrected chi connectivity index (χ0v) is 19.0. The van der Waals surface area contributed by atoms with E-state index in [1.165, 1.54) is 12.4 Å². The highest BCUT2D eigenvalue weighted by Crippen LogP contribution is 2.30. The van der Waals surface area contributed by atoms with Crippen LogP contribution in [0.2, 0.25) is 0 Å². The molecule has 4 rings (SSSR count). The van der Waals surface area contributed by atoms with Crippen LogP contribution in [0.1, 0.15) is 16.1 Å². The molecule has 0 aliphatic rings. The maximum Gasteiger partial charge on any atom is 0.251 e. The standard InChI is InChI=1S/C25H26FN5O3/c1-16-13-19-22(34-2)8-7-20(26)24(19)31(16)11-9-27-23-14-21(29-15-30-23)17-3-5-18(6-4-17)25(33)28-10-12-32/h3-8,13-15,32H,9-12H2,1-2H3,(H,28,33)(H,27,29,30). The zero-order valence-electron chi connectivity index (χ0n) is 19.0. The number of hydrogen-bond donors (Lipinski definition) is 3. The number of ether oxygens (including phenoxy) is 1. The summed E-state index contributed by atoms with van der Waals surface area (Å²) in [7, 11) is 1.58. The van der Waals surface area contributed by atoms with E-state index in [9.17, 15) is 9.18 Å². The van der Waals surface area contributed by atoms with Crippen molar-refractivity contribution in [3.05, 3.63) is 71.9 Å². The van der Waals surface area contributed by atoms with Crippen LogP contribution in [0.25, 0.3) is 22.2 Å². The summed E-state index contributed by atoms with van der Waals surface area (Å²) in [6, 6.07) is 13.8. The molecule has 1 amide bonds. The molecule has 0 unspecified atom stereocenters. The fourth-order valence-electron chi connectivity index (χ4n) is 3.88. The number of nitrogens with zero attached hydrogens (tertiary/aromatic N) is 3. The number of amides is 1. The second-order valence-electron chi connectivity index (χ2n) is 7.72. The van der Waals surface area contributed by atoms with Crippen molar-refractivity contribution in [2.45, 2.75) is 13.5 Å². The Balaban J connectivity index is 1.45. The highest BCUT2D eigenvalue weighted by molar-refractivity contribution is 5.94. The van der Waals surface area contributed by atoms with E-state index >= 15 is 0 Å². The minimum atomic E-state index is -0.290. The summed E-state index contributed by atoms with van der Waals surface area (Å²) in [4.78, 5) is 20.6. The van der Waals surface area contributed by atoms with Gasteiger partial charge in [-0.25, -0.2) is 14.4 Å². The third-order valence-corrected chi connectivity index (χ3v) is 5.55. The van der Waals surface area contributed by atoms with Gasteiger partial charge in [-0.3, -0.25) is 4.79 Å². The Morgan fingerprint density at radius 2 is 1.91 bits per heavy atom. The molecule has 2 heterocycles. The Hall–Kier alpha value is -3.98. The molecule has 9 heteroatoms. The first-order valence-corrected chi connectivity index (χ1v) is 10.9. The van der Waals surface area contributed by atoms with E-state index in [2.05, 4.69) is 20.6 Å². The molecule has 8 nitrogen and oxygen atoms in total. The van der Waals surface area contributed by atoms with Crippen LogP contribution in [0, 0.1) is 12.7 Å². The number of aliphatic hydroxyl groups excluding tert-OH is 1. The predicted octanol–water partition coefficient (Wildman–Crippen LogP) is 3.39. The number of benzene rings is 2. The molecule has 0 bridgehead atoms. The van der Waals surface area contributed by atoms with Crippen LogP contribution in [0.5, 0.6) is 5.75 Å². The Morgan fingerprint density at radius 1 is 1.12 bits per heavy atom. The fourth-order valence-corrected chi connectivity index (χ4v) is 3.88. The van der Waals surface area contributed by atoms with Crippen molar-refractivity contribution in [1.29, 1.82) is 0 Å². The van der Waals surface area contributed by atoms with Gasteiger partial charge in [0.2, 0.25) is 0 Å². The van der Waals surface area contributed by atoms with Gasteiger partial charge >= 0.3 is 0 Å². The second kappa shape index (κ2) is 10.3. The Labute approximate surface area is 196 Å². The summed E-state index contributed by atoms with van der Waals surface area (Å²) in [6.45, 7) is 3.11. The maximum atomic E-state index is 14.6. The van der Waals surface area contributed by atoms with Gasteiger partial charge in [-0.2, -0.15) is 0 Å². The van der Waals surface area contributed by atoms with E-state index < -0.39 is 0 Å². The number of aromatic nitrogens is 3. The van der Waals surface area contributed by atoms with Gasteiger partial charge < -0.3 is 25.0 Å². The Bertz CT molecular complexity index is 1300. The number of halogens is 1. The van der Waals surface area contributed by atoms with Gasteiger partial charge in [-0.15, -0.1) is 0 Å². The van der Waals surface area contributed by atoms with Crippen molar-refractivity contribution in [1.82, 2.24) is 19.9 Å². The minimum absolute atomic E-state index is 0.107. The molecule has 0 spiro atoms. The van der Waals surface area contributed by atoms with Crippen molar-refractivity contribution in [3.63, 3.8) is 0 Å². The minimum Gasteiger partial charge on any atom is -0.496 e. The lowest BCUT2D eigenvalue weighted by Crippen LogP contribution is -2.26. The molecule has 0 saturated heterocycles. The molecule has 176 valence electrons. The van der Waals surface area contributed by atoms with Crippen LogP contribution in [-0.4, -0.2) is 52.4 Å². The van der Waals surface area contributed by atoms with E-state index in [1.807, 2.05) is 35.8 Å². The molecule has 0 aliphatic carbocycles. The van der Waals surface area contributed by atoms with E-state index in [0.717, 1.165) is 16.6 Å². The summed E-state index contributed by atoms with van der Waals surface area (Å²) >= 11 is 0. The van der Waals surface area contributed by atoms with Gasteiger partial charge in [0.25, 0.3) is 5.91 Å². The van der Waals surface area contributed by atoms with Gasteiger partial charge in [-0.1, -0.05) is 12.1 Å². The number of aryl methyl sites for hydroxylation is 1. The molecule has 0 atom stereocenters. The number of fused-ring (bicyclic) bond motifs is 1. The summed E-state index contributed by atoms with van der Waals surface area (Å²) in [5.74, 6) is 0.750. The average Bonchev–Trinajstić information content (AvgIpc) is 3.20. The quantitative estimate of drug-likeness (QED) is 0.352. The third kappa shape index (κ3) is 4.84. The number of aliphatic hydroxyl groups is 1. The summed E-state index contributed by atoms with van der Waals surface area (Å²) in [6.07, 6.45) is 1.47. The number of rotatable bonds is 9. The molecule has 0 saturated carbocycles. The van der Waals surface area contributed by atoms with Crippen molar-refractivity contribution in [3.8, 4) is 17.0 Å². The molecular formula is C25H26FN5O3. The van der Waals surface area contributed by atoms with Gasteiger partial charge in [0.15, 0.2) is 0 Å². The van der Waals surface area contributed by atoms with Crippen molar-refractivity contribution < 1.29 is 19.0 Å². The molecule has 4 aromatic rings. The topological polar surface area (TPSA) is 101 Å². The Kier molecular flexibility index (Phi) is 7.03. The number of carbonyl (C=O) groups excluding carboxylic acids is 1. The van der Waals surface area contributed by atoms with Crippen molar-refractivity contribution in [2.24, 2.45) is 0 Å². The highest BCUT2D eigenvalue weighted by atomic mass is 19.1. The van der Waals surface area contributed by atoms with E-state index in [1.54, 1.807) is 25.3 Å². The molecule has 0 aliphatic heterocycles. The summed E-state index contributed by atoms with van der Waals surface area (Å²) < 4.78 is 21.8. The first kappa shape index (κ1) is 23.2. The fraction of sp³-hybridized carbons (Fsp3) is 0.240. The van der Waals surface area contributed by atoms with Crippen molar-refractivity contribution in [2.75, 3.05) is 32.1 Å². The highest BCUT2D eigenvalue weighted by Gasteiger charge is 2.14. The smallest absolute Gasteiger partial charge is 0.251 e. The first-order chi connectivity index (χ1) is 16.5. The lowest BCUT2D eigenvalue weighted by Gasteiger charge is -2.12. The van der Waals surface area contributed by atoms with E-state index in [-0.39, 0.29) is 24.9 Å². The van der Waals surface area contributed by atoms with Gasteiger partial charge in [0.1, 0.15) is 23.7 Å². The molecular weight excluding hydrogens is 437 g/mol. The molecule has 34 heavy (non-hydrogen) atoms. The van der Waals surface area contributed by atoms with Gasteiger partial charge in [0.05, 0.1) is 24.9 Å². The average molecular weight is 464 g/mol. The lowest BCUT2D eigenvalue weighted by molar-refractivity contribution is 0.0945. The third-order valence-electron chi connectivity index (χ3n) is 5.55. The maximum absolute atomic E-state index is 14.6. The van der Waals surface area contributed by atoms with Gasteiger partial charge in [-0.05, 0) is 37.3 Å². The molecule has 3 N–H and O–H groups in total. The van der Waals surface area contributed by atoms with Crippen LogP contribution < -0.4 is 15.4 Å². The number of anilines is 1. The van der Waals surface area contributed by atoms with Crippen LogP contribution in [0.4, 0.5) is 10.2 Å². The molecule has 0 radical (unpaired) electrons. The number of methoxy groups -OCH3 is 1. The molecule has 2 aromatic heterocycles. The number of nitrogens with one attached hydrogen (secondary N) is 2. The molecule has 2 aromatic carbocycles. The summed E-state index contributed by atoms with van der Waals surface area (Å²) in [5, 5.41) is 15.5. The normalized spacial score (nSPS) is 10.9. The molecule has 0 fully saturated rings. The first-order valence-electron chi connectivity index (χ1n) is 10.9. The Morgan fingerprint density at radius 3 is 2.65 bits per heavy atom. The number of hydrogen-bond acceptors (Lipinski definition) is 6.